The van der Waals surface area contributed by atoms with Gasteiger partial charge in [-0.1, -0.05) is 23.7 Å². The fourth-order valence-electron chi connectivity index (χ4n) is 4.21. The third kappa shape index (κ3) is 4.13. The Morgan fingerprint density at radius 1 is 1.12 bits per heavy atom. The molecule has 2 N–H and O–H groups in total. The summed E-state index contributed by atoms with van der Waals surface area (Å²) in [5.74, 6) is 0.840. The maximum atomic E-state index is 6.29. The van der Waals surface area contributed by atoms with Gasteiger partial charge in [0.05, 0.1) is 16.9 Å². The van der Waals surface area contributed by atoms with Crippen molar-refractivity contribution in [2.75, 3.05) is 29.9 Å². The molecule has 0 spiro atoms. The van der Waals surface area contributed by atoms with Crippen molar-refractivity contribution >= 4 is 28.8 Å². The largest absolute Gasteiger partial charge is 0.370 e. The standard InChI is InChI=1S/C24H26ClN7/c1-24(26)9-10-31(16-24)20-5-3-18(4-6-20)21-14-28-22-7-8-23(29-32(21)22)30(2)15-17-11-19(25)13-27-12-17/h3-8,11-14H,9-10,15-16,26H2,1-2H3. The summed E-state index contributed by atoms with van der Waals surface area (Å²) in [5, 5.41) is 5.48. The van der Waals surface area contributed by atoms with Crippen LogP contribution in [0.25, 0.3) is 16.9 Å². The van der Waals surface area contributed by atoms with Gasteiger partial charge in [0.1, 0.15) is 5.82 Å². The Morgan fingerprint density at radius 2 is 1.94 bits per heavy atom. The van der Waals surface area contributed by atoms with Crippen LogP contribution in [-0.2, 0) is 6.54 Å². The summed E-state index contributed by atoms with van der Waals surface area (Å²) in [4.78, 5) is 13.1. The molecule has 32 heavy (non-hydrogen) atoms. The van der Waals surface area contributed by atoms with Crippen molar-refractivity contribution < 1.29 is 0 Å². The van der Waals surface area contributed by atoms with Gasteiger partial charge in [0.2, 0.25) is 0 Å². The number of halogens is 1. The quantitative estimate of drug-likeness (QED) is 0.498. The molecule has 0 aliphatic carbocycles. The number of hydrogen-bond acceptors (Lipinski definition) is 6. The molecule has 1 fully saturated rings. The van der Waals surface area contributed by atoms with Crippen molar-refractivity contribution in [1.82, 2.24) is 19.6 Å². The Labute approximate surface area is 192 Å². The number of pyridine rings is 1. The first kappa shape index (κ1) is 20.7. The maximum absolute atomic E-state index is 6.29. The lowest BCUT2D eigenvalue weighted by Gasteiger charge is -2.21. The lowest BCUT2D eigenvalue weighted by Crippen LogP contribution is -2.39. The molecule has 1 aliphatic heterocycles. The van der Waals surface area contributed by atoms with E-state index in [0.717, 1.165) is 47.8 Å². The molecule has 4 aromatic rings. The van der Waals surface area contributed by atoms with Crippen molar-refractivity contribution in [3.8, 4) is 11.3 Å². The van der Waals surface area contributed by atoms with Crippen LogP contribution in [0.5, 0.6) is 0 Å². The molecule has 0 radical (unpaired) electrons. The molecule has 1 aliphatic rings. The minimum atomic E-state index is -0.117. The number of rotatable bonds is 5. The highest BCUT2D eigenvalue weighted by Crippen LogP contribution is 2.28. The maximum Gasteiger partial charge on any atom is 0.154 e. The topological polar surface area (TPSA) is 75.6 Å². The molecule has 0 saturated carbocycles. The molecule has 0 bridgehead atoms. The van der Waals surface area contributed by atoms with Crippen LogP contribution in [0, 0.1) is 0 Å². The molecule has 1 aromatic carbocycles. The van der Waals surface area contributed by atoms with E-state index in [4.69, 9.17) is 22.4 Å². The Kier molecular flexibility index (Phi) is 5.23. The number of anilines is 2. The van der Waals surface area contributed by atoms with Crippen LogP contribution in [0.3, 0.4) is 0 Å². The van der Waals surface area contributed by atoms with Gasteiger partial charge in [0.15, 0.2) is 5.65 Å². The summed E-state index contributed by atoms with van der Waals surface area (Å²) in [6.45, 7) is 4.63. The summed E-state index contributed by atoms with van der Waals surface area (Å²) in [6, 6.07) is 14.4. The number of nitrogens with two attached hydrogens (primary N) is 1. The fraction of sp³-hybridized carbons (Fsp3) is 0.292. The number of fused-ring (bicyclic) bond motifs is 1. The highest BCUT2D eigenvalue weighted by atomic mass is 35.5. The zero-order chi connectivity index (χ0) is 22.3. The first-order chi connectivity index (χ1) is 15.4. The van der Waals surface area contributed by atoms with Crippen molar-refractivity contribution in [2.24, 2.45) is 5.73 Å². The molecule has 5 rings (SSSR count). The third-order valence-electron chi connectivity index (χ3n) is 5.95. The van der Waals surface area contributed by atoms with Gasteiger partial charge in [-0.3, -0.25) is 4.98 Å². The summed E-state index contributed by atoms with van der Waals surface area (Å²) >= 11 is 6.07. The number of hydrogen-bond donors (Lipinski definition) is 1. The van der Waals surface area contributed by atoms with E-state index in [9.17, 15) is 0 Å². The second kappa shape index (κ2) is 8.07. The normalized spacial score (nSPS) is 18.4. The number of benzene rings is 1. The van der Waals surface area contributed by atoms with E-state index >= 15 is 0 Å². The van der Waals surface area contributed by atoms with E-state index in [-0.39, 0.29) is 5.54 Å². The van der Waals surface area contributed by atoms with Gasteiger partial charge >= 0.3 is 0 Å². The molecular formula is C24H26ClN7. The average molecular weight is 448 g/mol. The summed E-state index contributed by atoms with van der Waals surface area (Å²) in [7, 11) is 2.00. The lowest BCUT2D eigenvalue weighted by atomic mass is 10.0. The van der Waals surface area contributed by atoms with Crippen molar-refractivity contribution in [2.45, 2.75) is 25.4 Å². The summed E-state index contributed by atoms with van der Waals surface area (Å²) in [5.41, 5.74) is 11.2. The highest BCUT2D eigenvalue weighted by Gasteiger charge is 2.29. The lowest BCUT2D eigenvalue weighted by molar-refractivity contribution is 0.525. The zero-order valence-electron chi connectivity index (χ0n) is 18.2. The monoisotopic (exact) mass is 447 g/mol. The summed E-state index contributed by atoms with van der Waals surface area (Å²) < 4.78 is 1.89. The molecule has 7 nitrogen and oxygen atoms in total. The molecule has 1 unspecified atom stereocenters. The van der Waals surface area contributed by atoms with Gasteiger partial charge in [0, 0.05) is 55.9 Å². The fourth-order valence-corrected chi connectivity index (χ4v) is 4.41. The minimum Gasteiger partial charge on any atom is -0.370 e. The molecule has 1 saturated heterocycles. The van der Waals surface area contributed by atoms with Gasteiger partial charge in [-0.05, 0) is 49.2 Å². The first-order valence-electron chi connectivity index (χ1n) is 10.7. The van der Waals surface area contributed by atoms with Crippen LogP contribution in [0.4, 0.5) is 11.5 Å². The molecule has 164 valence electrons. The zero-order valence-corrected chi connectivity index (χ0v) is 19.0. The van der Waals surface area contributed by atoms with Gasteiger partial charge < -0.3 is 15.5 Å². The number of aromatic nitrogens is 4. The van der Waals surface area contributed by atoms with Crippen LogP contribution < -0.4 is 15.5 Å². The molecule has 0 amide bonds. The van der Waals surface area contributed by atoms with Gasteiger partial charge in [0.25, 0.3) is 0 Å². The van der Waals surface area contributed by atoms with E-state index in [1.54, 1.807) is 6.20 Å². The van der Waals surface area contributed by atoms with E-state index in [0.29, 0.717) is 11.6 Å². The average Bonchev–Trinajstić information content (AvgIpc) is 3.36. The minimum absolute atomic E-state index is 0.117. The van der Waals surface area contributed by atoms with Crippen LogP contribution in [0.1, 0.15) is 18.9 Å². The van der Waals surface area contributed by atoms with E-state index < -0.39 is 0 Å². The smallest absolute Gasteiger partial charge is 0.154 e. The SMILES string of the molecule is CN(Cc1cncc(Cl)c1)c1ccc2ncc(-c3ccc(N4CCC(C)(N)C4)cc3)n2n1. The molecule has 1 atom stereocenters. The Hall–Kier alpha value is -3.16. The van der Waals surface area contributed by atoms with Crippen LogP contribution in [0.15, 0.2) is 61.1 Å². The predicted octanol–water partition coefficient (Wildman–Crippen LogP) is 4.01. The number of nitrogens with zero attached hydrogens (tertiary/aromatic N) is 6. The number of imidazole rings is 1. The van der Waals surface area contributed by atoms with Crippen molar-refractivity contribution in [3.63, 3.8) is 0 Å². The van der Waals surface area contributed by atoms with Crippen LogP contribution in [0.2, 0.25) is 5.02 Å². The molecule has 4 heterocycles. The molecule has 3 aromatic heterocycles. The van der Waals surface area contributed by atoms with E-state index in [1.807, 2.05) is 42.2 Å². The third-order valence-corrected chi connectivity index (χ3v) is 6.16. The van der Waals surface area contributed by atoms with E-state index in [2.05, 4.69) is 51.0 Å². The predicted molar refractivity (Wildman–Crippen MR) is 129 cm³/mol. The Balaban J connectivity index is 1.40. The molecular weight excluding hydrogens is 422 g/mol. The van der Waals surface area contributed by atoms with Crippen LogP contribution >= 0.6 is 11.6 Å². The highest BCUT2D eigenvalue weighted by molar-refractivity contribution is 6.30. The Bertz CT molecular complexity index is 1250. The molecule has 8 heteroatoms. The van der Waals surface area contributed by atoms with Crippen LogP contribution in [-0.4, -0.2) is 45.3 Å². The van der Waals surface area contributed by atoms with Gasteiger partial charge in [-0.15, -0.1) is 5.10 Å². The second-order valence-electron chi connectivity index (χ2n) is 8.84. The van der Waals surface area contributed by atoms with Gasteiger partial charge in [-0.25, -0.2) is 9.50 Å². The summed E-state index contributed by atoms with van der Waals surface area (Å²) in [6.07, 6.45) is 6.33. The van der Waals surface area contributed by atoms with Crippen molar-refractivity contribution in [3.05, 3.63) is 71.6 Å². The first-order valence-corrected chi connectivity index (χ1v) is 11.1. The van der Waals surface area contributed by atoms with Gasteiger partial charge in [-0.2, -0.15) is 0 Å². The second-order valence-corrected chi connectivity index (χ2v) is 9.28. The van der Waals surface area contributed by atoms with Crippen molar-refractivity contribution in [1.29, 1.82) is 0 Å². The Morgan fingerprint density at radius 3 is 2.66 bits per heavy atom. The van der Waals surface area contributed by atoms with E-state index in [1.165, 1.54) is 5.69 Å².